The van der Waals surface area contributed by atoms with Crippen LogP contribution in [0.3, 0.4) is 0 Å². The summed E-state index contributed by atoms with van der Waals surface area (Å²) < 4.78 is 3.76. The van der Waals surface area contributed by atoms with E-state index in [0.29, 0.717) is 0 Å². The maximum atomic E-state index is 2.36. The molecule has 0 heterocycles. The first-order chi connectivity index (χ1) is 18.9. The van der Waals surface area contributed by atoms with Gasteiger partial charge in [-0.1, -0.05) is 0 Å². The minimum absolute atomic E-state index is 0.440. The van der Waals surface area contributed by atoms with E-state index in [1.165, 1.54) is 30.0 Å². The van der Waals surface area contributed by atoms with Crippen molar-refractivity contribution in [2.75, 3.05) is 0 Å². The van der Waals surface area contributed by atoms with Crippen molar-refractivity contribution in [1.82, 2.24) is 0 Å². The van der Waals surface area contributed by atoms with Crippen molar-refractivity contribution < 1.29 is 13.1 Å². The third-order valence-corrected chi connectivity index (χ3v) is 14.4. The fourth-order valence-electron chi connectivity index (χ4n) is 5.86. The van der Waals surface area contributed by atoms with E-state index < -0.39 is 17.4 Å². The van der Waals surface area contributed by atoms with E-state index in [1.807, 2.05) is 0 Å². The van der Waals surface area contributed by atoms with Gasteiger partial charge in [-0.2, -0.15) is 0 Å². The third kappa shape index (κ3) is 3.84. The van der Waals surface area contributed by atoms with Crippen LogP contribution in [0.1, 0.15) is 16.7 Å². The van der Waals surface area contributed by atoms with Crippen LogP contribution < -0.4 is 13.3 Å². The fraction of sp³-hybridized carbons (Fsp3) is 0.0270. The average Bonchev–Trinajstić information content (AvgIpc) is 3.02. The van der Waals surface area contributed by atoms with Crippen molar-refractivity contribution in [3.05, 3.63) is 199 Å². The van der Waals surface area contributed by atoms with Gasteiger partial charge in [0, 0.05) is 0 Å². The quantitative estimate of drug-likeness (QED) is 0.195. The molecule has 0 atom stereocenters. The van der Waals surface area contributed by atoms with E-state index in [-0.39, 0.29) is 0 Å². The molecular formula is C37H30Cr. The summed E-state index contributed by atoms with van der Waals surface area (Å²) in [5.74, 6) is 0. The van der Waals surface area contributed by atoms with Gasteiger partial charge in [0.25, 0.3) is 0 Å². The molecule has 0 N–H and O–H groups in total. The van der Waals surface area contributed by atoms with Crippen molar-refractivity contribution in [2.24, 2.45) is 0 Å². The number of hydrogen-bond acceptors (Lipinski definition) is 0. The second-order valence-corrected chi connectivity index (χ2v) is 14.4. The Morgan fingerprint density at radius 3 is 0.711 bits per heavy atom. The predicted octanol–water partition coefficient (Wildman–Crippen LogP) is 7.11. The van der Waals surface area contributed by atoms with E-state index in [0.717, 1.165) is 0 Å². The number of benzene rings is 6. The van der Waals surface area contributed by atoms with Crippen LogP contribution in [0.25, 0.3) is 0 Å². The number of hydrogen-bond donors (Lipinski definition) is 0. The molecule has 184 valence electrons. The zero-order valence-electron chi connectivity index (χ0n) is 21.2. The van der Waals surface area contributed by atoms with Crippen LogP contribution >= 0.6 is 0 Å². The van der Waals surface area contributed by atoms with E-state index in [4.69, 9.17) is 0 Å². The second-order valence-electron chi connectivity index (χ2n) is 9.33. The molecule has 0 bridgehead atoms. The van der Waals surface area contributed by atoms with Crippen LogP contribution in [0.5, 0.6) is 0 Å². The molecule has 0 aliphatic heterocycles. The first-order valence-electron chi connectivity index (χ1n) is 13.0. The zero-order valence-corrected chi connectivity index (χ0v) is 22.5. The van der Waals surface area contributed by atoms with Gasteiger partial charge < -0.3 is 0 Å². The van der Waals surface area contributed by atoms with Gasteiger partial charge in [0.15, 0.2) is 0 Å². The molecule has 0 amide bonds. The van der Waals surface area contributed by atoms with Gasteiger partial charge >= 0.3 is 229 Å². The van der Waals surface area contributed by atoms with Gasteiger partial charge in [-0.05, 0) is 0 Å². The summed E-state index contributed by atoms with van der Waals surface area (Å²) in [7, 11) is 0. The van der Waals surface area contributed by atoms with Crippen molar-refractivity contribution in [3.63, 3.8) is 0 Å². The van der Waals surface area contributed by atoms with E-state index in [9.17, 15) is 0 Å². The average molecular weight is 527 g/mol. The maximum absolute atomic E-state index is 3.22. The molecule has 0 spiro atoms. The van der Waals surface area contributed by atoms with Crippen LogP contribution in [-0.4, -0.2) is 0 Å². The Morgan fingerprint density at radius 1 is 0.263 bits per heavy atom. The molecule has 6 aromatic carbocycles. The molecule has 0 saturated carbocycles. The fourth-order valence-corrected chi connectivity index (χ4v) is 13.7. The molecule has 0 unspecified atom stereocenters. The summed E-state index contributed by atoms with van der Waals surface area (Å²) in [6.45, 7) is 0. The number of rotatable bonds is 7. The Kier molecular flexibility index (Phi) is 6.81. The Bertz CT molecular complexity index is 1250. The standard InChI is InChI=1S/C19H15.3C6H5.Cr/c1-4-10-16(11-5-1)19(17-12-6-2-7-13-17)18-14-8-3-9-15-18;3*1-2-4-6-5-3-1;/h1-15H;3*1-5H;. The molecule has 6 aromatic rings. The van der Waals surface area contributed by atoms with E-state index in [1.54, 1.807) is 0 Å². The normalized spacial score (nSPS) is 12.1. The van der Waals surface area contributed by atoms with Gasteiger partial charge in [-0.25, -0.2) is 0 Å². The van der Waals surface area contributed by atoms with Gasteiger partial charge in [-0.3, -0.25) is 0 Å². The monoisotopic (exact) mass is 526 g/mol. The topological polar surface area (TPSA) is 0 Å². The Hall–Kier alpha value is -4.15. The molecule has 1 heteroatoms. The molecule has 38 heavy (non-hydrogen) atoms. The molecular weight excluding hydrogens is 496 g/mol. The molecule has 0 nitrogen and oxygen atoms in total. The zero-order chi connectivity index (χ0) is 25.7. The van der Waals surface area contributed by atoms with Crippen LogP contribution in [0, 0.1) is 0 Å². The Labute approximate surface area is 228 Å². The van der Waals surface area contributed by atoms with Crippen LogP contribution in [0.4, 0.5) is 0 Å². The van der Waals surface area contributed by atoms with Crippen molar-refractivity contribution in [3.8, 4) is 0 Å². The van der Waals surface area contributed by atoms with Crippen molar-refractivity contribution >= 4 is 13.3 Å². The van der Waals surface area contributed by atoms with E-state index in [2.05, 4.69) is 182 Å². The third-order valence-electron chi connectivity index (χ3n) is 7.29. The van der Waals surface area contributed by atoms with Crippen molar-refractivity contribution in [2.45, 2.75) is 4.28 Å². The van der Waals surface area contributed by atoms with Crippen LogP contribution in [0.2, 0.25) is 0 Å². The summed E-state index contributed by atoms with van der Waals surface area (Å²) in [6, 6.07) is 67.4. The van der Waals surface area contributed by atoms with Gasteiger partial charge in [0.1, 0.15) is 0 Å². The molecule has 0 saturated heterocycles. The van der Waals surface area contributed by atoms with Crippen LogP contribution in [0.15, 0.2) is 182 Å². The summed E-state index contributed by atoms with van der Waals surface area (Å²) in [6.07, 6.45) is 0. The van der Waals surface area contributed by atoms with Crippen molar-refractivity contribution in [1.29, 1.82) is 0 Å². The first kappa shape index (κ1) is 24.2. The summed E-state index contributed by atoms with van der Waals surface area (Å²) >= 11 is -3.22. The molecule has 0 radical (unpaired) electrons. The van der Waals surface area contributed by atoms with Gasteiger partial charge in [0.2, 0.25) is 0 Å². The summed E-state index contributed by atoms with van der Waals surface area (Å²) in [5.41, 5.74) is 3.94. The van der Waals surface area contributed by atoms with Gasteiger partial charge in [0.05, 0.1) is 0 Å². The molecule has 0 aromatic heterocycles. The van der Waals surface area contributed by atoms with Crippen LogP contribution in [-0.2, 0) is 17.4 Å². The van der Waals surface area contributed by atoms with E-state index >= 15 is 0 Å². The predicted molar refractivity (Wildman–Crippen MR) is 157 cm³/mol. The first-order valence-corrected chi connectivity index (χ1v) is 15.6. The summed E-state index contributed by atoms with van der Waals surface area (Å²) in [5, 5.41) is 0. The molecule has 0 fully saturated rings. The molecule has 6 rings (SSSR count). The minimum atomic E-state index is -3.22. The van der Waals surface area contributed by atoms with Gasteiger partial charge in [-0.15, -0.1) is 0 Å². The Morgan fingerprint density at radius 2 is 0.474 bits per heavy atom. The molecule has 0 aliphatic rings. The molecule has 0 aliphatic carbocycles. The Balaban J connectivity index is 1.93. The second kappa shape index (κ2) is 10.7. The summed E-state index contributed by atoms with van der Waals surface area (Å²) in [4.78, 5) is 0. The SMILES string of the molecule is c1ccc([C](c2ccccc2)(c2ccccc2)[Cr]([c]2ccccc2)([c]2ccccc2)[c]2ccccc2)cc1.